The molecule has 1 rings (SSSR count). The van der Waals surface area contributed by atoms with Gasteiger partial charge in [-0.25, -0.2) is 0 Å². The minimum atomic E-state index is 0.361. The van der Waals surface area contributed by atoms with Crippen LogP contribution >= 0.6 is 0 Å². The third-order valence-corrected chi connectivity index (χ3v) is 2.27. The average Bonchev–Trinajstić information content (AvgIpc) is 1.86. The summed E-state index contributed by atoms with van der Waals surface area (Å²) in [6.45, 7) is 8.97. The van der Waals surface area contributed by atoms with E-state index in [0.29, 0.717) is 17.4 Å². The van der Waals surface area contributed by atoms with E-state index in [9.17, 15) is 0 Å². The molecule has 2 atom stereocenters. The van der Waals surface area contributed by atoms with Crippen LogP contribution in [0.15, 0.2) is 5.10 Å². The van der Waals surface area contributed by atoms with Crippen molar-refractivity contribution in [3.8, 4) is 0 Å². The minimum absolute atomic E-state index is 0.361. The Morgan fingerprint density at radius 2 is 2.09 bits per heavy atom. The maximum Gasteiger partial charge on any atom is 0.0418 e. The fourth-order valence-corrected chi connectivity index (χ4v) is 1.33. The molecule has 1 N–H and O–H groups in total. The Bertz CT molecular complexity index is 155. The van der Waals surface area contributed by atoms with Gasteiger partial charge in [0.15, 0.2) is 0 Å². The molecule has 0 amide bonds. The van der Waals surface area contributed by atoms with Gasteiger partial charge in [-0.1, -0.05) is 20.8 Å². The topological polar surface area (TPSA) is 24.4 Å². The van der Waals surface area contributed by atoms with E-state index >= 15 is 0 Å². The second kappa shape index (κ2) is 2.84. The van der Waals surface area contributed by atoms with Gasteiger partial charge in [-0.2, -0.15) is 5.10 Å². The molecule has 64 valence electrons. The van der Waals surface area contributed by atoms with Crippen molar-refractivity contribution in [1.29, 1.82) is 0 Å². The van der Waals surface area contributed by atoms with Gasteiger partial charge in [0.25, 0.3) is 0 Å². The van der Waals surface area contributed by atoms with Gasteiger partial charge in [0.2, 0.25) is 0 Å². The summed E-state index contributed by atoms with van der Waals surface area (Å²) in [4.78, 5) is 0. The van der Waals surface area contributed by atoms with E-state index in [2.05, 4.69) is 38.2 Å². The largest absolute Gasteiger partial charge is 0.308 e. The molecule has 0 radical (unpaired) electrons. The Morgan fingerprint density at radius 1 is 1.45 bits per heavy atom. The number of nitrogens with one attached hydrogen (secondary N) is 1. The Morgan fingerprint density at radius 3 is 2.45 bits per heavy atom. The van der Waals surface area contributed by atoms with Gasteiger partial charge in [-0.15, -0.1) is 0 Å². The lowest BCUT2D eigenvalue weighted by Gasteiger charge is -2.32. The Hall–Kier alpha value is -0.530. The molecule has 0 saturated heterocycles. The molecule has 0 bridgehead atoms. The molecule has 0 fully saturated rings. The van der Waals surface area contributed by atoms with Gasteiger partial charge in [0.1, 0.15) is 0 Å². The molecule has 2 heteroatoms. The fourth-order valence-electron chi connectivity index (χ4n) is 1.33. The summed E-state index contributed by atoms with van der Waals surface area (Å²) in [6, 6.07) is 0.532. The van der Waals surface area contributed by atoms with Crippen LogP contribution in [0.1, 0.15) is 34.1 Å². The summed E-state index contributed by atoms with van der Waals surface area (Å²) < 4.78 is 0. The van der Waals surface area contributed by atoms with E-state index in [1.165, 1.54) is 6.42 Å². The molecule has 1 aliphatic rings. The maximum atomic E-state index is 4.13. The molecule has 0 aromatic heterocycles. The molecule has 0 spiro atoms. The zero-order valence-electron chi connectivity index (χ0n) is 7.89. The molecule has 2 nitrogen and oxygen atoms in total. The number of rotatable bonds is 0. The van der Waals surface area contributed by atoms with Crippen molar-refractivity contribution in [1.82, 2.24) is 5.43 Å². The van der Waals surface area contributed by atoms with E-state index < -0.39 is 0 Å². The summed E-state index contributed by atoms with van der Waals surface area (Å²) in [5.74, 6) is 0.624. The van der Waals surface area contributed by atoms with Crippen LogP contribution in [0.2, 0.25) is 0 Å². The molecule has 0 aromatic rings. The van der Waals surface area contributed by atoms with Crippen molar-refractivity contribution in [2.24, 2.45) is 16.4 Å². The van der Waals surface area contributed by atoms with Crippen LogP contribution in [-0.2, 0) is 0 Å². The van der Waals surface area contributed by atoms with Crippen molar-refractivity contribution >= 4 is 6.21 Å². The predicted octanol–water partition coefficient (Wildman–Crippen LogP) is 2.02. The van der Waals surface area contributed by atoms with Crippen LogP contribution in [0.5, 0.6) is 0 Å². The zero-order chi connectivity index (χ0) is 8.48. The van der Waals surface area contributed by atoms with Gasteiger partial charge >= 0.3 is 0 Å². The van der Waals surface area contributed by atoms with Gasteiger partial charge in [0.05, 0.1) is 0 Å². The summed E-state index contributed by atoms with van der Waals surface area (Å²) in [7, 11) is 0. The second-order valence-electron chi connectivity index (χ2n) is 4.52. The van der Waals surface area contributed by atoms with E-state index in [0.717, 1.165) is 0 Å². The molecular formula is C9H18N2. The first-order valence-corrected chi connectivity index (χ1v) is 4.29. The molecule has 0 saturated carbocycles. The molecule has 0 aromatic carbocycles. The molecule has 1 heterocycles. The highest BCUT2D eigenvalue weighted by atomic mass is 15.3. The highest BCUT2D eigenvalue weighted by Gasteiger charge is 2.26. The van der Waals surface area contributed by atoms with Crippen molar-refractivity contribution in [2.45, 2.75) is 40.2 Å². The summed E-state index contributed by atoms with van der Waals surface area (Å²) in [5.41, 5.74) is 3.41. The van der Waals surface area contributed by atoms with E-state index in [4.69, 9.17) is 0 Å². The second-order valence-corrected chi connectivity index (χ2v) is 4.52. The van der Waals surface area contributed by atoms with Crippen molar-refractivity contribution < 1.29 is 0 Å². The van der Waals surface area contributed by atoms with Crippen LogP contribution in [0.3, 0.4) is 0 Å². The molecule has 11 heavy (non-hydrogen) atoms. The van der Waals surface area contributed by atoms with Gasteiger partial charge in [-0.05, 0) is 18.8 Å². The predicted molar refractivity (Wildman–Crippen MR) is 48.7 cm³/mol. The van der Waals surface area contributed by atoms with E-state index in [-0.39, 0.29) is 0 Å². The Balaban J connectivity index is 2.60. The SMILES string of the molecule is CC1CC(C(C)(C)C)C=NN1. The number of hydrogen-bond acceptors (Lipinski definition) is 2. The lowest BCUT2D eigenvalue weighted by molar-refractivity contribution is 0.267. The number of hydrazone groups is 1. The van der Waals surface area contributed by atoms with Crippen LogP contribution in [0.4, 0.5) is 0 Å². The summed E-state index contributed by atoms with van der Waals surface area (Å²) in [6.07, 6.45) is 3.24. The average molecular weight is 154 g/mol. The van der Waals surface area contributed by atoms with Crippen LogP contribution in [0.25, 0.3) is 0 Å². The van der Waals surface area contributed by atoms with Gasteiger partial charge in [-0.3, -0.25) is 0 Å². The fraction of sp³-hybridized carbons (Fsp3) is 0.889. The highest BCUT2D eigenvalue weighted by molar-refractivity contribution is 5.62. The molecule has 0 aliphatic carbocycles. The normalized spacial score (nSPS) is 31.6. The molecule has 1 aliphatic heterocycles. The Labute approximate surface area is 69.1 Å². The van der Waals surface area contributed by atoms with Crippen LogP contribution in [-0.4, -0.2) is 12.3 Å². The van der Waals surface area contributed by atoms with Crippen molar-refractivity contribution in [3.63, 3.8) is 0 Å². The van der Waals surface area contributed by atoms with Crippen molar-refractivity contribution in [3.05, 3.63) is 0 Å². The molecule has 2 unspecified atom stereocenters. The Kier molecular flexibility index (Phi) is 2.21. The van der Waals surface area contributed by atoms with Gasteiger partial charge < -0.3 is 5.43 Å². The smallest absolute Gasteiger partial charge is 0.0418 e. The molecular weight excluding hydrogens is 136 g/mol. The maximum absolute atomic E-state index is 4.13. The monoisotopic (exact) mass is 154 g/mol. The first-order valence-electron chi connectivity index (χ1n) is 4.29. The summed E-state index contributed by atoms with van der Waals surface area (Å²) >= 11 is 0. The summed E-state index contributed by atoms with van der Waals surface area (Å²) in [5, 5.41) is 4.13. The number of nitrogens with zero attached hydrogens (tertiary/aromatic N) is 1. The third kappa shape index (κ3) is 2.21. The van der Waals surface area contributed by atoms with E-state index in [1.807, 2.05) is 6.21 Å². The van der Waals surface area contributed by atoms with Gasteiger partial charge in [0, 0.05) is 18.2 Å². The zero-order valence-corrected chi connectivity index (χ0v) is 7.89. The van der Waals surface area contributed by atoms with Crippen LogP contribution < -0.4 is 5.43 Å². The standard InChI is InChI=1S/C9H18N2/c1-7-5-8(6-10-11-7)9(2,3)4/h6-8,11H,5H2,1-4H3. The first kappa shape index (κ1) is 8.57. The minimum Gasteiger partial charge on any atom is -0.308 e. The number of hydrogen-bond donors (Lipinski definition) is 1. The quantitative estimate of drug-likeness (QED) is 0.567. The van der Waals surface area contributed by atoms with Crippen LogP contribution in [0, 0.1) is 11.3 Å². The van der Waals surface area contributed by atoms with Crippen molar-refractivity contribution in [2.75, 3.05) is 0 Å². The third-order valence-electron chi connectivity index (χ3n) is 2.27. The first-order chi connectivity index (χ1) is 5.00. The van der Waals surface area contributed by atoms with E-state index in [1.54, 1.807) is 0 Å². The lowest BCUT2D eigenvalue weighted by Crippen LogP contribution is -2.35. The highest BCUT2D eigenvalue weighted by Crippen LogP contribution is 2.29. The lowest BCUT2D eigenvalue weighted by atomic mass is 9.78.